The summed E-state index contributed by atoms with van der Waals surface area (Å²) >= 11 is 0. The Morgan fingerprint density at radius 3 is 2.94 bits per heavy atom. The molecule has 0 heterocycles. The molecule has 5 nitrogen and oxygen atoms in total. The van der Waals surface area contributed by atoms with E-state index in [0.29, 0.717) is 11.3 Å². The van der Waals surface area contributed by atoms with Gasteiger partial charge in [-0.25, -0.2) is 0 Å². The quantitative estimate of drug-likeness (QED) is 0.763. The number of nitrogens with one attached hydrogen (secondary N) is 1. The SMILES string of the molecule is Cc1ccc(OCC(=O)NCC#N)c([C@H](C)O)c1. The molecule has 0 aliphatic heterocycles. The summed E-state index contributed by atoms with van der Waals surface area (Å²) < 4.78 is 5.33. The summed E-state index contributed by atoms with van der Waals surface area (Å²) in [5.41, 5.74) is 1.65. The van der Waals surface area contributed by atoms with Gasteiger partial charge in [0, 0.05) is 5.56 Å². The van der Waals surface area contributed by atoms with Gasteiger partial charge in [-0.15, -0.1) is 0 Å². The lowest BCUT2D eigenvalue weighted by Crippen LogP contribution is -2.29. The third kappa shape index (κ3) is 4.07. The maximum Gasteiger partial charge on any atom is 0.258 e. The molecule has 0 aromatic heterocycles. The highest BCUT2D eigenvalue weighted by Crippen LogP contribution is 2.26. The zero-order chi connectivity index (χ0) is 13.5. The maximum atomic E-state index is 11.3. The molecule has 0 spiro atoms. The van der Waals surface area contributed by atoms with Crippen LogP contribution >= 0.6 is 0 Å². The van der Waals surface area contributed by atoms with Crippen molar-refractivity contribution in [3.8, 4) is 11.8 Å². The van der Waals surface area contributed by atoms with Crippen molar-refractivity contribution in [1.82, 2.24) is 5.32 Å². The smallest absolute Gasteiger partial charge is 0.258 e. The Balaban J connectivity index is 2.67. The monoisotopic (exact) mass is 248 g/mol. The highest BCUT2D eigenvalue weighted by Gasteiger charge is 2.10. The molecule has 1 atom stereocenters. The minimum Gasteiger partial charge on any atom is -0.483 e. The van der Waals surface area contributed by atoms with E-state index in [9.17, 15) is 9.90 Å². The van der Waals surface area contributed by atoms with E-state index in [2.05, 4.69) is 5.32 Å². The third-order valence-corrected chi connectivity index (χ3v) is 2.34. The van der Waals surface area contributed by atoms with Crippen LogP contribution in [0.15, 0.2) is 18.2 Å². The van der Waals surface area contributed by atoms with E-state index >= 15 is 0 Å². The number of nitriles is 1. The molecule has 0 saturated heterocycles. The van der Waals surface area contributed by atoms with E-state index in [1.807, 2.05) is 19.1 Å². The van der Waals surface area contributed by atoms with Crippen LogP contribution < -0.4 is 10.1 Å². The van der Waals surface area contributed by atoms with Crippen molar-refractivity contribution in [1.29, 1.82) is 5.26 Å². The van der Waals surface area contributed by atoms with Crippen LogP contribution in [0.5, 0.6) is 5.75 Å². The van der Waals surface area contributed by atoms with Gasteiger partial charge in [-0.1, -0.05) is 11.6 Å². The molecule has 1 amide bonds. The maximum absolute atomic E-state index is 11.3. The van der Waals surface area contributed by atoms with Crippen LogP contribution in [-0.4, -0.2) is 24.2 Å². The zero-order valence-electron chi connectivity index (χ0n) is 10.4. The van der Waals surface area contributed by atoms with Gasteiger partial charge in [0.1, 0.15) is 12.3 Å². The average Bonchev–Trinajstić information content (AvgIpc) is 2.34. The van der Waals surface area contributed by atoms with Gasteiger partial charge in [0.05, 0.1) is 12.2 Å². The number of hydrogen-bond acceptors (Lipinski definition) is 4. The van der Waals surface area contributed by atoms with Crippen LogP contribution in [0.3, 0.4) is 0 Å². The Morgan fingerprint density at radius 1 is 1.61 bits per heavy atom. The number of carbonyl (C=O) groups is 1. The first-order valence-corrected chi connectivity index (χ1v) is 5.59. The van der Waals surface area contributed by atoms with Gasteiger partial charge in [-0.3, -0.25) is 4.79 Å². The highest BCUT2D eigenvalue weighted by atomic mass is 16.5. The summed E-state index contributed by atoms with van der Waals surface area (Å²) in [4.78, 5) is 11.3. The van der Waals surface area contributed by atoms with Gasteiger partial charge >= 0.3 is 0 Å². The number of aryl methyl sites for hydroxylation is 1. The van der Waals surface area contributed by atoms with E-state index in [1.165, 1.54) is 0 Å². The van der Waals surface area contributed by atoms with Crippen molar-refractivity contribution in [2.75, 3.05) is 13.2 Å². The van der Waals surface area contributed by atoms with Gasteiger partial charge < -0.3 is 15.2 Å². The molecular weight excluding hydrogens is 232 g/mol. The molecule has 0 aliphatic carbocycles. The van der Waals surface area contributed by atoms with Crippen molar-refractivity contribution in [2.24, 2.45) is 0 Å². The molecule has 1 aromatic rings. The predicted octanol–water partition coefficient (Wildman–Crippen LogP) is 1.07. The fraction of sp³-hybridized carbons (Fsp3) is 0.385. The second kappa shape index (κ2) is 6.62. The summed E-state index contributed by atoms with van der Waals surface area (Å²) in [6, 6.07) is 7.18. The Hall–Kier alpha value is -2.06. The molecule has 5 heteroatoms. The molecule has 18 heavy (non-hydrogen) atoms. The summed E-state index contributed by atoms with van der Waals surface area (Å²) in [6.45, 7) is 3.33. The molecule has 1 aromatic carbocycles. The highest BCUT2D eigenvalue weighted by molar-refractivity contribution is 5.77. The van der Waals surface area contributed by atoms with Crippen molar-refractivity contribution >= 4 is 5.91 Å². The van der Waals surface area contributed by atoms with Gasteiger partial charge in [0.25, 0.3) is 5.91 Å². The van der Waals surface area contributed by atoms with Crippen molar-refractivity contribution in [2.45, 2.75) is 20.0 Å². The summed E-state index contributed by atoms with van der Waals surface area (Å²) in [6.07, 6.45) is -0.665. The molecule has 96 valence electrons. The zero-order valence-corrected chi connectivity index (χ0v) is 10.4. The van der Waals surface area contributed by atoms with Crippen LogP contribution in [0.25, 0.3) is 0 Å². The molecule has 2 N–H and O–H groups in total. The average molecular weight is 248 g/mol. The van der Waals surface area contributed by atoms with E-state index < -0.39 is 6.10 Å². The van der Waals surface area contributed by atoms with Gasteiger partial charge in [0.15, 0.2) is 6.61 Å². The van der Waals surface area contributed by atoms with E-state index in [4.69, 9.17) is 10.00 Å². The second-order valence-corrected chi connectivity index (χ2v) is 3.94. The van der Waals surface area contributed by atoms with E-state index in [-0.39, 0.29) is 19.1 Å². The normalized spacial score (nSPS) is 11.4. The Bertz CT molecular complexity index is 464. The van der Waals surface area contributed by atoms with Crippen LogP contribution in [-0.2, 0) is 4.79 Å². The first-order chi connectivity index (χ1) is 8.54. The first kappa shape index (κ1) is 14.0. The fourth-order valence-electron chi connectivity index (χ4n) is 1.46. The lowest BCUT2D eigenvalue weighted by molar-refractivity contribution is -0.122. The predicted molar refractivity (Wildman–Crippen MR) is 65.9 cm³/mol. The molecule has 0 radical (unpaired) electrons. The minimum absolute atomic E-state index is 0.0423. The largest absolute Gasteiger partial charge is 0.483 e. The van der Waals surface area contributed by atoms with Crippen molar-refractivity contribution in [3.63, 3.8) is 0 Å². The lowest BCUT2D eigenvalue weighted by atomic mass is 10.1. The lowest BCUT2D eigenvalue weighted by Gasteiger charge is -2.13. The molecule has 0 bridgehead atoms. The number of rotatable bonds is 5. The number of amides is 1. The van der Waals surface area contributed by atoms with E-state index in [1.54, 1.807) is 19.1 Å². The topological polar surface area (TPSA) is 82.3 Å². The third-order valence-electron chi connectivity index (χ3n) is 2.34. The Kier molecular flexibility index (Phi) is 5.15. The van der Waals surface area contributed by atoms with Gasteiger partial charge in [-0.05, 0) is 26.0 Å². The summed E-state index contributed by atoms with van der Waals surface area (Å²) in [5, 5.41) is 20.3. The molecule has 0 fully saturated rings. The number of carbonyl (C=O) groups excluding carboxylic acids is 1. The number of aliphatic hydroxyl groups is 1. The molecule has 0 aliphatic rings. The van der Waals surface area contributed by atoms with Crippen molar-refractivity contribution in [3.05, 3.63) is 29.3 Å². The Labute approximate surface area is 106 Å². The number of ether oxygens (including phenoxy) is 1. The van der Waals surface area contributed by atoms with Crippen molar-refractivity contribution < 1.29 is 14.6 Å². The standard InChI is InChI=1S/C13H16N2O3/c1-9-3-4-12(11(7-9)10(2)16)18-8-13(17)15-6-5-14/h3-4,7,10,16H,6,8H2,1-2H3,(H,15,17)/t10-/m0/s1. The van der Waals surface area contributed by atoms with Gasteiger partial charge in [0.2, 0.25) is 0 Å². The number of hydrogen-bond donors (Lipinski definition) is 2. The molecule has 0 unspecified atom stereocenters. The van der Waals surface area contributed by atoms with E-state index in [0.717, 1.165) is 5.56 Å². The number of nitrogens with zero attached hydrogens (tertiary/aromatic N) is 1. The molecular formula is C13H16N2O3. The summed E-state index contributed by atoms with van der Waals surface area (Å²) in [7, 11) is 0. The molecule has 1 rings (SSSR count). The van der Waals surface area contributed by atoms with Crippen LogP contribution in [0.4, 0.5) is 0 Å². The number of benzene rings is 1. The fourth-order valence-corrected chi connectivity index (χ4v) is 1.46. The van der Waals surface area contributed by atoms with Crippen LogP contribution in [0.1, 0.15) is 24.2 Å². The molecule has 0 saturated carbocycles. The first-order valence-electron chi connectivity index (χ1n) is 5.59. The van der Waals surface area contributed by atoms with Crippen LogP contribution in [0.2, 0.25) is 0 Å². The summed E-state index contributed by atoms with van der Waals surface area (Å²) in [5.74, 6) is 0.108. The van der Waals surface area contributed by atoms with Crippen LogP contribution in [0, 0.1) is 18.3 Å². The minimum atomic E-state index is -0.665. The second-order valence-electron chi connectivity index (χ2n) is 3.94. The Morgan fingerprint density at radius 2 is 2.33 bits per heavy atom. The van der Waals surface area contributed by atoms with Gasteiger partial charge in [-0.2, -0.15) is 5.26 Å². The number of aliphatic hydroxyl groups excluding tert-OH is 1.